The molecule has 3 aromatic heterocycles. The van der Waals surface area contributed by atoms with Crippen molar-refractivity contribution >= 4 is 5.91 Å². The second-order valence-corrected chi connectivity index (χ2v) is 5.75. The van der Waals surface area contributed by atoms with Crippen LogP contribution in [0.15, 0.2) is 73.6 Å². The van der Waals surface area contributed by atoms with Crippen LogP contribution in [0.3, 0.4) is 0 Å². The lowest BCUT2D eigenvalue weighted by molar-refractivity contribution is -0.125. The third-order valence-electron chi connectivity index (χ3n) is 4.13. The van der Waals surface area contributed by atoms with E-state index >= 15 is 0 Å². The highest BCUT2D eigenvalue weighted by Crippen LogP contribution is 2.26. The normalized spacial score (nSPS) is 13.1. The van der Waals surface area contributed by atoms with Crippen molar-refractivity contribution in [1.82, 2.24) is 20.3 Å². The molecule has 0 aliphatic carbocycles. The maximum atomic E-state index is 12.6. The number of primary amides is 1. The van der Waals surface area contributed by atoms with Crippen LogP contribution < -0.4 is 11.1 Å². The molecule has 0 aliphatic rings. The monoisotopic (exact) mass is 333 g/mol. The average molecular weight is 333 g/mol. The molecule has 0 spiro atoms. The molecule has 0 saturated carbocycles. The molecule has 1 atom stereocenters. The van der Waals surface area contributed by atoms with Gasteiger partial charge in [-0.15, -0.1) is 0 Å². The molecule has 126 valence electrons. The molecular weight excluding hydrogens is 314 g/mol. The third kappa shape index (κ3) is 3.87. The first-order valence-corrected chi connectivity index (χ1v) is 7.94. The van der Waals surface area contributed by atoms with Crippen LogP contribution in [-0.2, 0) is 23.3 Å². The van der Waals surface area contributed by atoms with Gasteiger partial charge in [0, 0.05) is 50.1 Å². The Balaban J connectivity index is 1.97. The number of rotatable bonds is 7. The molecule has 25 heavy (non-hydrogen) atoms. The molecule has 0 radical (unpaired) electrons. The van der Waals surface area contributed by atoms with E-state index in [1.807, 2.05) is 24.3 Å². The van der Waals surface area contributed by atoms with Crippen molar-refractivity contribution in [2.24, 2.45) is 5.73 Å². The van der Waals surface area contributed by atoms with E-state index in [2.05, 4.69) is 20.3 Å². The van der Waals surface area contributed by atoms with Crippen molar-refractivity contribution in [2.45, 2.75) is 18.5 Å². The van der Waals surface area contributed by atoms with E-state index in [4.69, 9.17) is 5.73 Å². The van der Waals surface area contributed by atoms with Crippen LogP contribution in [0.2, 0.25) is 0 Å². The van der Waals surface area contributed by atoms with E-state index < -0.39 is 11.4 Å². The molecule has 3 aromatic rings. The lowest BCUT2D eigenvalue weighted by Crippen LogP contribution is -2.54. The Labute approximate surface area is 146 Å². The third-order valence-corrected chi connectivity index (χ3v) is 4.13. The molecule has 6 heteroatoms. The SMILES string of the molecule is NC(=O)C(Cc1cccnc1)(NCc1ccncc1)c1ccncc1. The lowest BCUT2D eigenvalue weighted by Gasteiger charge is -2.32. The molecule has 3 N–H and O–H groups in total. The standard InChI is InChI=1S/C19H19N5O/c20-18(25)19(17-5-10-22-11-6-17,12-16-2-1-7-23-13-16)24-14-15-3-8-21-9-4-15/h1-11,13,24H,12,14H2,(H2,20,25). The highest BCUT2D eigenvalue weighted by molar-refractivity contribution is 5.86. The van der Waals surface area contributed by atoms with E-state index in [0.29, 0.717) is 13.0 Å². The average Bonchev–Trinajstić information content (AvgIpc) is 2.67. The first-order chi connectivity index (χ1) is 12.2. The molecule has 0 aliphatic heterocycles. The number of hydrogen-bond acceptors (Lipinski definition) is 5. The summed E-state index contributed by atoms with van der Waals surface area (Å²) >= 11 is 0. The summed E-state index contributed by atoms with van der Waals surface area (Å²) in [6.07, 6.45) is 10.6. The van der Waals surface area contributed by atoms with Crippen LogP contribution in [0.5, 0.6) is 0 Å². The van der Waals surface area contributed by atoms with Crippen molar-refractivity contribution in [2.75, 3.05) is 0 Å². The van der Waals surface area contributed by atoms with Crippen LogP contribution in [0.4, 0.5) is 0 Å². The fourth-order valence-electron chi connectivity index (χ4n) is 2.78. The van der Waals surface area contributed by atoms with Crippen LogP contribution in [0.25, 0.3) is 0 Å². The van der Waals surface area contributed by atoms with Gasteiger partial charge in [-0.2, -0.15) is 0 Å². The molecule has 3 rings (SSSR count). The maximum absolute atomic E-state index is 12.6. The minimum Gasteiger partial charge on any atom is -0.368 e. The van der Waals surface area contributed by atoms with Gasteiger partial charge < -0.3 is 5.73 Å². The fraction of sp³-hybridized carbons (Fsp3) is 0.158. The van der Waals surface area contributed by atoms with E-state index in [9.17, 15) is 4.79 Å². The fourth-order valence-corrected chi connectivity index (χ4v) is 2.78. The molecule has 6 nitrogen and oxygen atoms in total. The highest BCUT2D eigenvalue weighted by atomic mass is 16.1. The first-order valence-electron chi connectivity index (χ1n) is 7.94. The minimum absolute atomic E-state index is 0.394. The zero-order valence-electron chi connectivity index (χ0n) is 13.7. The van der Waals surface area contributed by atoms with Gasteiger partial charge in [0.2, 0.25) is 5.91 Å². The molecule has 0 aromatic carbocycles. The summed E-state index contributed by atoms with van der Waals surface area (Å²) in [5, 5.41) is 3.36. The maximum Gasteiger partial charge on any atom is 0.242 e. The van der Waals surface area contributed by atoms with Gasteiger partial charge in [0.05, 0.1) is 0 Å². The van der Waals surface area contributed by atoms with Gasteiger partial charge in [0.1, 0.15) is 5.54 Å². The summed E-state index contributed by atoms with van der Waals surface area (Å²) in [4.78, 5) is 24.8. The summed E-state index contributed by atoms with van der Waals surface area (Å²) < 4.78 is 0. The molecule has 0 saturated heterocycles. The zero-order chi connectivity index (χ0) is 17.5. The number of amides is 1. The molecule has 1 unspecified atom stereocenters. The summed E-state index contributed by atoms with van der Waals surface area (Å²) in [5.74, 6) is -0.448. The van der Waals surface area contributed by atoms with Gasteiger partial charge in [0.15, 0.2) is 0 Å². The van der Waals surface area contributed by atoms with Gasteiger partial charge in [-0.1, -0.05) is 6.07 Å². The van der Waals surface area contributed by atoms with Crippen molar-refractivity contribution in [1.29, 1.82) is 0 Å². The van der Waals surface area contributed by atoms with Crippen LogP contribution >= 0.6 is 0 Å². The smallest absolute Gasteiger partial charge is 0.242 e. The van der Waals surface area contributed by atoms with Crippen molar-refractivity contribution in [3.05, 3.63) is 90.3 Å². The molecule has 3 heterocycles. The van der Waals surface area contributed by atoms with E-state index in [1.54, 1.807) is 49.3 Å². The number of carbonyl (C=O) groups excluding carboxylic acids is 1. The Kier molecular flexibility index (Phi) is 5.11. The number of carbonyl (C=O) groups is 1. The predicted molar refractivity (Wildman–Crippen MR) is 94.1 cm³/mol. The topological polar surface area (TPSA) is 93.8 Å². The summed E-state index contributed by atoms with van der Waals surface area (Å²) in [6.45, 7) is 0.480. The Hall–Kier alpha value is -3.12. The number of pyridine rings is 3. The van der Waals surface area contributed by atoms with Crippen LogP contribution in [0, 0.1) is 0 Å². The summed E-state index contributed by atoms with van der Waals surface area (Å²) in [7, 11) is 0. The van der Waals surface area contributed by atoms with E-state index in [1.165, 1.54) is 0 Å². The highest BCUT2D eigenvalue weighted by Gasteiger charge is 2.38. The largest absolute Gasteiger partial charge is 0.368 e. The second kappa shape index (κ2) is 7.63. The van der Waals surface area contributed by atoms with Gasteiger partial charge in [-0.3, -0.25) is 25.1 Å². The Morgan fingerprint density at radius 3 is 2.20 bits per heavy atom. The van der Waals surface area contributed by atoms with Crippen molar-refractivity contribution in [3.8, 4) is 0 Å². The molecule has 0 bridgehead atoms. The number of nitrogens with zero attached hydrogens (tertiary/aromatic N) is 3. The molecular formula is C19H19N5O. The predicted octanol–water partition coefficient (Wildman–Crippen LogP) is 1.58. The van der Waals surface area contributed by atoms with Gasteiger partial charge >= 0.3 is 0 Å². The van der Waals surface area contributed by atoms with Gasteiger partial charge in [-0.25, -0.2) is 0 Å². The minimum atomic E-state index is -1.06. The Morgan fingerprint density at radius 2 is 1.60 bits per heavy atom. The van der Waals surface area contributed by atoms with E-state index in [-0.39, 0.29) is 0 Å². The zero-order valence-corrected chi connectivity index (χ0v) is 13.7. The Bertz CT molecular complexity index is 811. The van der Waals surface area contributed by atoms with Crippen LogP contribution in [-0.4, -0.2) is 20.9 Å². The Morgan fingerprint density at radius 1 is 0.920 bits per heavy atom. The van der Waals surface area contributed by atoms with Crippen LogP contribution in [0.1, 0.15) is 16.7 Å². The molecule has 1 amide bonds. The molecule has 0 fully saturated rings. The summed E-state index contributed by atoms with van der Waals surface area (Å²) in [6, 6.07) is 11.2. The summed E-state index contributed by atoms with van der Waals surface area (Å²) in [5.41, 5.74) is 7.50. The van der Waals surface area contributed by atoms with E-state index in [0.717, 1.165) is 16.7 Å². The lowest BCUT2D eigenvalue weighted by atomic mass is 9.83. The first kappa shape index (κ1) is 16.7. The quantitative estimate of drug-likeness (QED) is 0.685. The number of aromatic nitrogens is 3. The second-order valence-electron chi connectivity index (χ2n) is 5.75. The number of nitrogens with two attached hydrogens (primary N) is 1. The number of nitrogens with one attached hydrogen (secondary N) is 1. The van der Waals surface area contributed by atoms with Crippen molar-refractivity contribution < 1.29 is 4.79 Å². The van der Waals surface area contributed by atoms with Gasteiger partial charge in [-0.05, 0) is 47.0 Å². The van der Waals surface area contributed by atoms with Gasteiger partial charge in [0.25, 0.3) is 0 Å². The number of hydrogen-bond donors (Lipinski definition) is 2. The van der Waals surface area contributed by atoms with Crippen molar-refractivity contribution in [3.63, 3.8) is 0 Å².